The van der Waals surface area contributed by atoms with Gasteiger partial charge in [-0.2, -0.15) is 0 Å². The van der Waals surface area contributed by atoms with Crippen LogP contribution in [0.15, 0.2) is 24.8 Å². The maximum absolute atomic E-state index is 10.6. The maximum atomic E-state index is 10.6. The Morgan fingerprint density at radius 1 is 1.60 bits per heavy atom. The van der Waals surface area contributed by atoms with Crippen LogP contribution >= 0.6 is 0 Å². The van der Waals surface area contributed by atoms with E-state index in [4.69, 9.17) is 10.8 Å². The van der Waals surface area contributed by atoms with Gasteiger partial charge in [-0.3, -0.25) is 9.78 Å². The van der Waals surface area contributed by atoms with Crippen molar-refractivity contribution < 1.29 is 9.90 Å². The molecule has 0 aliphatic carbocycles. The second kappa shape index (κ2) is 3.66. The minimum absolute atomic E-state index is 0.251. The number of hydrogen-bond donors (Lipinski definition) is 2. The van der Waals surface area contributed by atoms with Crippen LogP contribution in [-0.4, -0.2) is 31.5 Å². The van der Waals surface area contributed by atoms with E-state index in [9.17, 15) is 4.79 Å². The van der Waals surface area contributed by atoms with Crippen molar-refractivity contribution in [3.8, 4) is 0 Å². The second-order valence-corrected chi connectivity index (χ2v) is 3.20. The number of hydrogen-bond acceptors (Lipinski definition) is 4. The number of carboxylic acids is 1. The van der Waals surface area contributed by atoms with Crippen LogP contribution in [0.3, 0.4) is 0 Å². The van der Waals surface area contributed by atoms with Gasteiger partial charge in [-0.15, -0.1) is 0 Å². The third-order valence-electron chi connectivity index (χ3n) is 2.14. The number of fused-ring (bicyclic) bond motifs is 1. The van der Waals surface area contributed by atoms with Gasteiger partial charge in [0.25, 0.3) is 0 Å². The SMILES string of the molecule is NC(Cc1cnc2cnccn12)C(=O)O. The van der Waals surface area contributed by atoms with Gasteiger partial charge < -0.3 is 15.2 Å². The first-order chi connectivity index (χ1) is 7.18. The van der Waals surface area contributed by atoms with E-state index >= 15 is 0 Å². The van der Waals surface area contributed by atoms with Crippen molar-refractivity contribution in [2.75, 3.05) is 0 Å². The van der Waals surface area contributed by atoms with Gasteiger partial charge in [0.05, 0.1) is 6.20 Å². The number of imidazole rings is 1. The van der Waals surface area contributed by atoms with Gasteiger partial charge in [0.1, 0.15) is 6.04 Å². The third kappa shape index (κ3) is 1.79. The Morgan fingerprint density at radius 2 is 2.40 bits per heavy atom. The van der Waals surface area contributed by atoms with E-state index in [1.54, 1.807) is 29.2 Å². The van der Waals surface area contributed by atoms with Crippen LogP contribution in [0.2, 0.25) is 0 Å². The minimum atomic E-state index is -1.01. The van der Waals surface area contributed by atoms with Crippen molar-refractivity contribution in [3.05, 3.63) is 30.5 Å². The van der Waals surface area contributed by atoms with E-state index in [1.807, 2.05) is 0 Å². The van der Waals surface area contributed by atoms with Crippen molar-refractivity contribution in [2.45, 2.75) is 12.5 Å². The molecule has 0 aliphatic rings. The first-order valence-corrected chi connectivity index (χ1v) is 4.43. The molecule has 1 unspecified atom stereocenters. The lowest BCUT2D eigenvalue weighted by molar-refractivity contribution is -0.138. The molecule has 0 aliphatic heterocycles. The fourth-order valence-electron chi connectivity index (χ4n) is 1.36. The monoisotopic (exact) mass is 206 g/mol. The number of carbonyl (C=O) groups is 1. The van der Waals surface area contributed by atoms with Gasteiger partial charge in [-0.1, -0.05) is 0 Å². The summed E-state index contributed by atoms with van der Waals surface area (Å²) in [6, 6.07) is -0.905. The summed E-state index contributed by atoms with van der Waals surface area (Å²) in [6.45, 7) is 0. The average Bonchev–Trinajstić information content (AvgIpc) is 2.62. The van der Waals surface area contributed by atoms with Crippen molar-refractivity contribution >= 4 is 11.6 Å². The molecule has 2 aromatic rings. The topological polar surface area (TPSA) is 93.5 Å². The molecule has 0 amide bonds. The molecule has 78 valence electrons. The summed E-state index contributed by atoms with van der Waals surface area (Å²) >= 11 is 0. The molecule has 0 saturated carbocycles. The van der Waals surface area contributed by atoms with Gasteiger partial charge in [-0.25, -0.2) is 4.98 Å². The number of aliphatic carboxylic acids is 1. The normalized spacial score (nSPS) is 12.9. The summed E-state index contributed by atoms with van der Waals surface area (Å²) < 4.78 is 1.77. The summed E-state index contributed by atoms with van der Waals surface area (Å²) in [4.78, 5) is 18.6. The Balaban J connectivity index is 2.32. The van der Waals surface area contributed by atoms with Gasteiger partial charge in [-0.05, 0) is 0 Å². The fourth-order valence-corrected chi connectivity index (χ4v) is 1.36. The molecule has 15 heavy (non-hydrogen) atoms. The number of aromatic nitrogens is 3. The van der Waals surface area contributed by atoms with Crippen LogP contribution in [0, 0.1) is 0 Å². The molecule has 0 aromatic carbocycles. The van der Waals surface area contributed by atoms with Crippen LogP contribution in [0.5, 0.6) is 0 Å². The Labute approximate surface area is 85.4 Å². The first-order valence-electron chi connectivity index (χ1n) is 4.43. The highest BCUT2D eigenvalue weighted by Gasteiger charge is 2.14. The number of carboxylic acid groups (broad SMARTS) is 1. The van der Waals surface area contributed by atoms with E-state index in [0.29, 0.717) is 5.65 Å². The van der Waals surface area contributed by atoms with E-state index in [0.717, 1.165) is 5.69 Å². The fraction of sp³-hybridized carbons (Fsp3) is 0.222. The van der Waals surface area contributed by atoms with E-state index in [-0.39, 0.29) is 6.42 Å². The number of rotatable bonds is 3. The number of nitrogens with two attached hydrogens (primary N) is 1. The highest BCUT2D eigenvalue weighted by atomic mass is 16.4. The molecule has 0 spiro atoms. The molecular formula is C9H10N4O2. The maximum Gasteiger partial charge on any atom is 0.320 e. The molecule has 1 atom stereocenters. The first kappa shape index (κ1) is 9.60. The predicted molar refractivity (Wildman–Crippen MR) is 52.3 cm³/mol. The lowest BCUT2D eigenvalue weighted by Crippen LogP contribution is -2.32. The van der Waals surface area contributed by atoms with E-state index in [1.165, 1.54) is 0 Å². The lowest BCUT2D eigenvalue weighted by atomic mass is 10.2. The van der Waals surface area contributed by atoms with Crippen molar-refractivity contribution in [1.29, 1.82) is 0 Å². The minimum Gasteiger partial charge on any atom is -0.480 e. The van der Waals surface area contributed by atoms with E-state index < -0.39 is 12.0 Å². The van der Waals surface area contributed by atoms with Gasteiger partial charge >= 0.3 is 5.97 Å². The molecule has 0 radical (unpaired) electrons. The van der Waals surface area contributed by atoms with Gasteiger partial charge in [0.2, 0.25) is 0 Å². The Morgan fingerprint density at radius 3 is 3.13 bits per heavy atom. The summed E-state index contributed by atoms with van der Waals surface area (Å²) in [5.74, 6) is -1.01. The second-order valence-electron chi connectivity index (χ2n) is 3.20. The molecular weight excluding hydrogens is 196 g/mol. The van der Waals surface area contributed by atoms with Crippen LogP contribution in [-0.2, 0) is 11.2 Å². The predicted octanol–water partition coefficient (Wildman–Crippen LogP) is -0.316. The third-order valence-corrected chi connectivity index (χ3v) is 2.14. The zero-order valence-electron chi connectivity index (χ0n) is 7.87. The average molecular weight is 206 g/mol. The van der Waals surface area contributed by atoms with Crippen LogP contribution in [0.4, 0.5) is 0 Å². The van der Waals surface area contributed by atoms with Crippen LogP contribution < -0.4 is 5.73 Å². The van der Waals surface area contributed by atoms with Crippen molar-refractivity contribution in [3.63, 3.8) is 0 Å². The summed E-state index contributed by atoms with van der Waals surface area (Å²) in [6.07, 6.45) is 6.81. The molecule has 2 heterocycles. The molecule has 3 N–H and O–H groups in total. The molecule has 0 fully saturated rings. The molecule has 0 saturated heterocycles. The standard InChI is InChI=1S/C9H10N4O2/c10-7(9(14)15)3-6-4-12-8-5-11-1-2-13(6)8/h1-2,4-5,7H,3,10H2,(H,14,15). The highest BCUT2D eigenvalue weighted by molar-refractivity contribution is 5.73. The molecule has 6 nitrogen and oxygen atoms in total. The zero-order chi connectivity index (χ0) is 10.8. The lowest BCUT2D eigenvalue weighted by Gasteiger charge is -2.05. The van der Waals surface area contributed by atoms with Crippen LogP contribution in [0.25, 0.3) is 5.65 Å². The van der Waals surface area contributed by atoms with E-state index in [2.05, 4.69) is 9.97 Å². The van der Waals surface area contributed by atoms with Crippen LogP contribution in [0.1, 0.15) is 5.69 Å². The largest absolute Gasteiger partial charge is 0.480 e. The molecule has 0 bridgehead atoms. The molecule has 6 heteroatoms. The summed E-state index contributed by atoms with van der Waals surface area (Å²) in [5.41, 5.74) is 6.89. The number of nitrogens with zero attached hydrogens (tertiary/aromatic N) is 3. The van der Waals surface area contributed by atoms with Gasteiger partial charge in [0, 0.05) is 30.7 Å². The van der Waals surface area contributed by atoms with Crippen molar-refractivity contribution in [2.24, 2.45) is 5.73 Å². The molecule has 2 aromatic heterocycles. The highest BCUT2D eigenvalue weighted by Crippen LogP contribution is 2.06. The Bertz CT molecular complexity index is 494. The van der Waals surface area contributed by atoms with Crippen molar-refractivity contribution in [1.82, 2.24) is 14.4 Å². The molecule has 2 rings (SSSR count). The smallest absolute Gasteiger partial charge is 0.320 e. The Hall–Kier alpha value is -1.95. The van der Waals surface area contributed by atoms with Gasteiger partial charge in [0.15, 0.2) is 5.65 Å². The summed E-state index contributed by atoms with van der Waals surface area (Å²) in [7, 11) is 0. The summed E-state index contributed by atoms with van der Waals surface area (Å²) in [5, 5.41) is 8.69. The quantitative estimate of drug-likeness (QED) is 0.718. The Kier molecular flexibility index (Phi) is 2.34. The zero-order valence-corrected chi connectivity index (χ0v) is 7.87.